The molecule has 0 aliphatic carbocycles. The summed E-state index contributed by atoms with van der Waals surface area (Å²) in [5, 5.41) is 2.63. The first-order valence-corrected chi connectivity index (χ1v) is 12.7. The summed E-state index contributed by atoms with van der Waals surface area (Å²) in [5.74, 6) is -0.165. The van der Waals surface area contributed by atoms with Gasteiger partial charge in [0.05, 0.1) is 23.0 Å². The van der Waals surface area contributed by atoms with Crippen molar-refractivity contribution in [2.24, 2.45) is 0 Å². The molecule has 1 aliphatic rings. The van der Waals surface area contributed by atoms with Gasteiger partial charge in [-0.3, -0.25) is 4.79 Å². The fourth-order valence-electron chi connectivity index (χ4n) is 3.00. The van der Waals surface area contributed by atoms with Gasteiger partial charge in [-0.2, -0.15) is 4.31 Å². The first-order chi connectivity index (χ1) is 15.1. The monoisotopic (exact) mass is 483 g/mol. The summed E-state index contributed by atoms with van der Waals surface area (Å²) in [4.78, 5) is 12.4. The number of hydrogen-bond donors (Lipinski definition) is 2. The van der Waals surface area contributed by atoms with Crippen molar-refractivity contribution in [2.45, 2.75) is 16.7 Å². The van der Waals surface area contributed by atoms with Gasteiger partial charge < -0.3 is 14.8 Å². The smallest absolute Gasteiger partial charge is 0.262 e. The number of ether oxygens (including phenoxy) is 2. The highest BCUT2D eigenvalue weighted by Gasteiger charge is 2.26. The molecule has 2 aromatic rings. The maximum atomic E-state index is 12.6. The molecule has 0 radical (unpaired) electrons. The highest BCUT2D eigenvalue weighted by Crippen LogP contribution is 2.22. The number of benzene rings is 2. The van der Waals surface area contributed by atoms with Crippen LogP contribution in [0.5, 0.6) is 5.75 Å². The van der Waals surface area contributed by atoms with E-state index >= 15 is 0 Å². The minimum Gasteiger partial charge on any atom is -0.484 e. The lowest BCUT2D eigenvalue weighted by Crippen LogP contribution is -2.40. The van der Waals surface area contributed by atoms with E-state index < -0.39 is 26.0 Å². The molecule has 0 aromatic heterocycles. The molecule has 1 saturated heterocycles. The summed E-state index contributed by atoms with van der Waals surface area (Å²) in [6.07, 6.45) is 0. The summed E-state index contributed by atoms with van der Waals surface area (Å²) in [6.45, 7) is 2.73. The molecule has 32 heavy (non-hydrogen) atoms. The number of hydrogen-bond acceptors (Lipinski definition) is 7. The predicted molar refractivity (Wildman–Crippen MR) is 118 cm³/mol. The molecule has 3 rings (SSSR count). The Balaban J connectivity index is 1.61. The van der Waals surface area contributed by atoms with Crippen molar-refractivity contribution < 1.29 is 31.1 Å². The van der Waals surface area contributed by atoms with Crippen LogP contribution in [-0.2, 0) is 29.6 Å². The third-order valence-corrected chi connectivity index (χ3v) is 8.19. The van der Waals surface area contributed by atoms with Crippen LogP contribution in [0.4, 0.5) is 5.69 Å². The molecule has 12 heteroatoms. The van der Waals surface area contributed by atoms with Crippen LogP contribution in [0.2, 0.25) is 0 Å². The van der Waals surface area contributed by atoms with Crippen molar-refractivity contribution in [3.8, 4) is 5.75 Å². The van der Waals surface area contributed by atoms with Crippen molar-refractivity contribution in [1.82, 2.24) is 9.03 Å². The van der Waals surface area contributed by atoms with Crippen LogP contribution >= 0.6 is 0 Å². The molecular formula is C20H25N3O7S2. The topological polar surface area (TPSA) is 131 Å². The zero-order valence-electron chi connectivity index (χ0n) is 17.7. The van der Waals surface area contributed by atoms with Gasteiger partial charge in [0.15, 0.2) is 6.61 Å². The quantitative estimate of drug-likeness (QED) is 0.571. The second-order valence-corrected chi connectivity index (χ2v) is 10.8. The Morgan fingerprint density at radius 3 is 2.28 bits per heavy atom. The molecule has 2 N–H and O–H groups in total. The lowest BCUT2D eigenvalue weighted by atomic mass is 10.2. The Kier molecular flexibility index (Phi) is 7.51. The number of amides is 1. The number of nitrogens with zero attached hydrogens (tertiary/aromatic N) is 1. The minimum atomic E-state index is -3.65. The van der Waals surface area contributed by atoms with Gasteiger partial charge >= 0.3 is 0 Å². The molecule has 0 unspecified atom stereocenters. The first-order valence-electron chi connectivity index (χ1n) is 9.78. The zero-order valence-corrected chi connectivity index (χ0v) is 19.3. The Labute approximate surface area is 187 Å². The molecule has 1 aliphatic heterocycles. The average molecular weight is 484 g/mol. The van der Waals surface area contributed by atoms with Crippen LogP contribution in [0.1, 0.15) is 5.56 Å². The summed E-state index contributed by atoms with van der Waals surface area (Å²) in [6, 6.07) is 10.2. The molecule has 174 valence electrons. The summed E-state index contributed by atoms with van der Waals surface area (Å²) in [5.41, 5.74) is 1.04. The van der Waals surface area contributed by atoms with Gasteiger partial charge in [0, 0.05) is 18.8 Å². The number of carbonyl (C=O) groups excluding carboxylic acids is 1. The fourth-order valence-corrected chi connectivity index (χ4v) is 5.16. The van der Waals surface area contributed by atoms with Crippen molar-refractivity contribution in [2.75, 3.05) is 45.3 Å². The van der Waals surface area contributed by atoms with Crippen LogP contribution in [0.25, 0.3) is 0 Å². The van der Waals surface area contributed by atoms with Crippen LogP contribution in [-0.4, -0.2) is 67.0 Å². The van der Waals surface area contributed by atoms with E-state index in [0.29, 0.717) is 43.3 Å². The van der Waals surface area contributed by atoms with Crippen LogP contribution < -0.4 is 14.8 Å². The highest BCUT2D eigenvalue weighted by molar-refractivity contribution is 7.89. The predicted octanol–water partition coefficient (Wildman–Crippen LogP) is 0.942. The number of nitrogens with one attached hydrogen (secondary N) is 2. The van der Waals surface area contributed by atoms with Crippen LogP contribution in [0.15, 0.2) is 52.3 Å². The van der Waals surface area contributed by atoms with Gasteiger partial charge in [-0.1, -0.05) is 6.07 Å². The lowest BCUT2D eigenvalue weighted by molar-refractivity contribution is -0.118. The highest BCUT2D eigenvalue weighted by atomic mass is 32.2. The average Bonchev–Trinajstić information content (AvgIpc) is 2.80. The van der Waals surface area contributed by atoms with E-state index in [0.717, 1.165) is 0 Å². The number of sulfonamides is 2. The Bertz CT molecular complexity index is 1170. The Morgan fingerprint density at radius 2 is 1.66 bits per heavy atom. The fraction of sp³-hybridized carbons (Fsp3) is 0.350. The summed E-state index contributed by atoms with van der Waals surface area (Å²) >= 11 is 0. The lowest BCUT2D eigenvalue weighted by Gasteiger charge is -2.26. The van der Waals surface area contributed by atoms with Crippen LogP contribution in [0, 0.1) is 6.92 Å². The first kappa shape index (κ1) is 24.1. The third-order valence-electron chi connectivity index (χ3n) is 4.86. The van der Waals surface area contributed by atoms with E-state index in [4.69, 9.17) is 9.47 Å². The van der Waals surface area contributed by atoms with Crippen molar-refractivity contribution >= 4 is 31.6 Å². The summed E-state index contributed by atoms with van der Waals surface area (Å²) in [7, 11) is -5.95. The largest absolute Gasteiger partial charge is 0.484 e. The standard InChI is InChI=1S/C20H25N3O7S2/c1-15-3-6-18(31(25,26)21-2)13-19(15)22-20(24)14-30-16-4-7-17(8-5-16)32(27,28)23-9-11-29-12-10-23/h3-8,13,21H,9-12,14H2,1-2H3,(H,22,24). The van der Waals surface area contributed by atoms with Crippen molar-refractivity contribution in [3.63, 3.8) is 0 Å². The van der Waals surface area contributed by atoms with E-state index in [1.165, 1.54) is 47.8 Å². The summed E-state index contributed by atoms with van der Waals surface area (Å²) < 4.78 is 63.4. The SMILES string of the molecule is CNS(=O)(=O)c1ccc(C)c(NC(=O)COc2ccc(S(=O)(=O)N3CCOCC3)cc2)c1. The molecule has 1 fully saturated rings. The molecule has 0 saturated carbocycles. The number of aryl methyl sites for hydroxylation is 1. The van der Waals surface area contributed by atoms with Crippen LogP contribution in [0.3, 0.4) is 0 Å². The Morgan fingerprint density at radius 1 is 1.03 bits per heavy atom. The van der Waals surface area contributed by atoms with Gasteiger partial charge in [-0.15, -0.1) is 0 Å². The van der Waals surface area contributed by atoms with E-state index in [2.05, 4.69) is 10.0 Å². The normalized spacial score (nSPS) is 15.3. The maximum Gasteiger partial charge on any atom is 0.262 e. The van der Waals surface area contributed by atoms with E-state index in [1.54, 1.807) is 13.0 Å². The van der Waals surface area contributed by atoms with Gasteiger partial charge in [0.2, 0.25) is 20.0 Å². The molecule has 0 spiro atoms. The van der Waals surface area contributed by atoms with Gasteiger partial charge in [-0.25, -0.2) is 21.6 Å². The van der Waals surface area contributed by atoms with E-state index in [9.17, 15) is 21.6 Å². The molecule has 0 atom stereocenters. The minimum absolute atomic E-state index is 0.0267. The second kappa shape index (κ2) is 9.96. The molecular weight excluding hydrogens is 458 g/mol. The number of rotatable bonds is 8. The molecule has 10 nitrogen and oxygen atoms in total. The van der Waals surface area contributed by atoms with E-state index in [1.807, 2.05) is 0 Å². The number of morpholine rings is 1. The van der Waals surface area contributed by atoms with E-state index in [-0.39, 0.29) is 16.4 Å². The van der Waals surface area contributed by atoms with Gasteiger partial charge in [0.25, 0.3) is 5.91 Å². The van der Waals surface area contributed by atoms with Gasteiger partial charge in [-0.05, 0) is 55.9 Å². The molecule has 1 heterocycles. The number of carbonyl (C=O) groups is 1. The molecule has 2 aromatic carbocycles. The van der Waals surface area contributed by atoms with Crippen molar-refractivity contribution in [1.29, 1.82) is 0 Å². The molecule has 1 amide bonds. The zero-order chi connectivity index (χ0) is 23.4. The third kappa shape index (κ3) is 5.64. The second-order valence-electron chi connectivity index (χ2n) is 7.01. The molecule has 0 bridgehead atoms. The van der Waals surface area contributed by atoms with Gasteiger partial charge in [0.1, 0.15) is 5.75 Å². The number of anilines is 1. The Hall–Kier alpha value is -2.51. The van der Waals surface area contributed by atoms with Crippen molar-refractivity contribution in [3.05, 3.63) is 48.0 Å². The maximum absolute atomic E-state index is 12.6.